The first-order valence-electron chi connectivity index (χ1n) is 7.56. The van der Waals surface area contributed by atoms with Crippen LogP contribution in [0.5, 0.6) is 0 Å². The lowest BCUT2D eigenvalue weighted by atomic mass is 9.80. The fourth-order valence-electron chi connectivity index (χ4n) is 2.61. The van der Waals surface area contributed by atoms with Crippen molar-refractivity contribution >= 4 is 21.7 Å². The van der Waals surface area contributed by atoms with Crippen molar-refractivity contribution in [1.29, 1.82) is 0 Å². The summed E-state index contributed by atoms with van der Waals surface area (Å²) in [5.74, 6) is 0.310. The van der Waals surface area contributed by atoms with Crippen LogP contribution in [-0.2, 0) is 14.9 Å². The fourth-order valence-corrected chi connectivity index (χ4v) is 3.80. The first-order valence-corrected chi connectivity index (χ1v) is 9.00. The maximum absolute atomic E-state index is 12.2. The lowest BCUT2D eigenvalue weighted by molar-refractivity contribution is 0.0733. The van der Waals surface area contributed by atoms with E-state index in [9.17, 15) is 13.2 Å². The number of ether oxygens (including phenoxy) is 1. The zero-order valence-corrected chi connectivity index (χ0v) is 13.1. The van der Waals surface area contributed by atoms with E-state index in [2.05, 4.69) is 4.72 Å². The van der Waals surface area contributed by atoms with Crippen molar-refractivity contribution < 1.29 is 17.9 Å². The molecular formula is C15H20N2O4S. The van der Waals surface area contributed by atoms with E-state index in [0.717, 1.165) is 19.3 Å². The summed E-state index contributed by atoms with van der Waals surface area (Å²) >= 11 is 0. The number of morpholine rings is 1. The van der Waals surface area contributed by atoms with E-state index in [4.69, 9.17) is 4.74 Å². The highest BCUT2D eigenvalue weighted by atomic mass is 32.2. The van der Waals surface area contributed by atoms with E-state index in [1.165, 1.54) is 4.31 Å². The van der Waals surface area contributed by atoms with Crippen molar-refractivity contribution in [3.63, 3.8) is 0 Å². The van der Waals surface area contributed by atoms with Crippen LogP contribution in [0.15, 0.2) is 24.3 Å². The molecule has 22 heavy (non-hydrogen) atoms. The Hall–Kier alpha value is -1.44. The van der Waals surface area contributed by atoms with Gasteiger partial charge in [0.15, 0.2) is 5.78 Å². The van der Waals surface area contributed by atoms with Gasteiger partial charge in [0.2, 0.25) is 0 Å². The summed E-state index contributed by atoms with van der Waals surface area (Å²) in [5, 5.41) is 0. The molecule has 0 unspecified atom stereocenters. The van der Waals surface area contributed by atoms with E-state index >= 15 is 0 Å². The number of hydrogen-bond acceptors (Lipinski definition) is 4. The number of rotatable bonds is 5. The Morgan fingerprint density at radius 2 is 1.77 bits per heavy atom. The first kappa shape index (κ1) is 15.5. The molecule has 1 saturated heterocycles. The van der Waals surface area contributed by atoms with Gasteiger partial charge in [-0.3, -0.25) is 9.52 Å². The number of ketones is 1. The number of Topliss-reactive ketones (excluding diaryl/α,β-unsaturated/α-hetero) is 1. The second-order valence-corrected chi connectivity index (χ2v) is 7.36. The average molecular weight is 324 g/mol. The molecule has 1 saturated carbocycles. The van der Waals surface area contributed by atoms with Crippen molar-refractivity contribution in [1.82, 2.24) is 4.31 Å². The summed E-state index contributed by atoms with van der Waals surface area (Å²) in [4.78, 5) is 12.1. The molecule has 120 valence electrons. The molecule has 1 aromatic carbocycles. The van der Waals surface area contributed by atoms with Crippen LogP contribution >= 0.6 is 0 Å². The van der Waals surface area contributed by atoms with Gasteiger partial charge in [0.1, 0.15) is 0 Å². The van der Waals surface area contributed by atoms with Crippen LogP contribution < -0.4 is 4.72 Å². The zero-order chi connectivity index (χ0) is 15.6. The van der Waals surface area contributed by atoms with Gasteiger partial charge in [-0.2, -0.15) is 12.7 Å². The number of nitrogens with zero attached hydrogens (tertiary/aromatic N) is 1. The third-order valence-electron chi connectivity index (χ3n) is 4.20. The molecule has 0 radical (unpaired) electrons. The van der Waals surface area contributed by atoms with Crippen LogP contribution in [0.4, 0.5) is 5.69 Å². The Morgan fingerprint density at radius 1 is 1.14 bits per heavy atom. The lowest BCUT2D eigenvalue weighted by Gasteiger charge is -2.26. The highest BCUT2D eigenvalue weighted by Crippen LogP contribution is 2.30. The van der Waals surface area contributed by atoms with E-state index in [1.807, 2.05) is 0 Å². The standard InChI is InChI=1S/C15H20N2O4S/c18-15(12-2-1-3-12)13-4-6-14(7-5-13)16-22(19,20)17-8-10-21-11-9-17/h4-7,12,16H,1-3,8-11H2. The van der Waals surface area contributed by atoms with Crippen LogP contribution in [0, 0.1) is 5.92 Å². The van der Waals surface area contributed by atoms with Gasteiger partial charge in [-0.15, -0.1) is 0 Å². The number of carbonyl (C=O) groups is 1. The van der Waals surface area contributed by atoms with Crippen molar-refractivity contribution in [3.8, 4) is 0 Å². The van der Waals surface area contributed by atoms with Crippen LogP contribution in [0.2, 0.25) is 0 Å². The minimum Gasteiger partial charge on any atom is -0.379 e. The molecule has 1 heterocycles. The Labute approximate surface area is 130 Å². The van der Waals surface area contributed by atoms with Crippen LogP contribution in [0.25, 0.3) is 0 Å². The van der Waals surface area contributed by atoms with Gasteiger partial charge in [0.05, 0.1) is 13.2 Å². The quantitative estimate of drug-likeness (QED) is 0.836. The lowest BCUT2D eigenvalue weighted by Crippen LogP contribution is -2.43. The fraction of sp³-hybridized carbons (Fsp3) is 0.533. The van der Waals surface area contributed by atoms with Gasteiger partial charge in [-0.1, -0.05) is 6.42 Å². The van der Waals surface area contributed by atoms with Crippen molar-refractivity contribution in [2.75, 3.05) is 31.0 Å². The van der Waals surface area contributed by atoms with E-state index in [0.29, 0.717) is 37.6 Å². The second kappa shape index (κ2) is 6.36. The number of hydrogen-bond donors (Lipinski definition) is 1. The Kier molecular flexibility index (Phi) is 4.46. The molecule has 1 aliphatic carbocycles. The molecule has 0 amide bonds. The maximum Gasteiger partial charge on any atom is 0.301 e. The molecule has 0 aromatic heterocycles. The molecule has 7 heteroatoms. The number of anilines is 1. The van der Waals surface area contributed by atoms with Crippen molar-refractivity contribution in [2.24, 2.45) is 5.92 Å². The van der Waals surface area contributed by atoms with Gasteiger partial charge < -0.3 is 4.74 Å². The molecule has 2 fully saturated rings. The third kappa shape index (κ3) is 3.31. The molecule has 0 bridgehead atoms. The normalized spacial score (nSPS) is 20.4. The molecule has 6 nitrogen and oxygen atoms in total. The molecular weight excluding hydrogens is 304 g/mol. The predicted molar refractivity (Wildman–Crippen MR) is 83.0 cm³/mol. The van der Waals surface area contributed by atoms with Gasteiger partial charge in [0.25, 0.3) is 0 Å². The second-order valence-electron chi connectivity index (χ2n) is 5.69. The van der Waals surface area contributed by atoms with E-state index in [1.54, 1.807) is 24.3 Å². The summed E-state index contributed by atoms with van der Waals surface area (Å²) in [7, 11) is -3.56. The molecule has 2 aliphatic rings. The SMILES string of the molecule is O=C(c1ccc(NS(=O)(=O)N2CCOCC2)cc1)C1CCC1. The third-order valence-corrected chi connectivity index (χ3v) is 5.74. The Balaban J connectivity index is 1.66. The number of benzene rings is 1. The minimum atomic E-state index is -3.56. The van der Waals surface area contributed by atoms with E-state index < -0.39 is 10.2 Å². The van der Waals surface area contributed by atoms with Gasteiger partial charge in [-0.05, 0) is 37.1 Å². The highest BCUT2D eigenvalue weighted by Gasteiger charge is 2.27. The van der Waals surface area contributed by atoms with E-state index in [-0.39, 0.29) is 11.7 Å². The molecule has 1 aliphatic heterocycles. The number of carbonyl (C=O) groups excluding carboxylic acids is 1. The predicted octanol–water partition coefficient (Wildman–Crippen LogP) is 1.66. The summed E-state index contributed by atoms with van der Waals surface area (Å²) in [6, 6.07) is 6.67. The zero-order valence-electron chi connectivity index (χ0n) is 12.3. The van der Waals surface area contributed by atoms with Gasteiger partial charge in [-0.25, -0.2) is 0 Å². The smallest absolute Gasteiger partial charge is 0.301 e. The van der Waals surface area contributed by atoms with Crippen LogP contribution in [-0.4, -0.2) is 44.8 Å². The topological polar surface area (TPSA) is 75.7 Å². The molecule has 0 spiro atoms. The number of nitrogens with one attached hydrogen (secondary N) is 1. The monoisotopic (exact) mass is 324 g/mol. The summed E-state index contributed by atoms with van der Waals surface area (Å²) in [5.41, 5.74) is 1.12. The summed E-state index contributed by atoms with van der Waals surface area (Å²) in [6.45, 7) is 1.53. The van der Waals surface area contributed by atoms with Crippen LogP contribution in [0.3, 0.4) is 0 Å². The van der Waals surface area contributed by atoms with Crippen LogP contribution in [0.1, 0.15) is 29.6 Å². The summed E-state index contributed by atoms with van der Waals surface area (Å²) < 4.78 is 33.5. The summed E-state index contributed by atoms with van der Waals surface area (Å²) in [6.07, 6.45) is 3.04. The maximum atomic E-state index is 12.2. The minimum absolute atomic E-state index is 0.149. The Morgan fingerprint density at radius 3 is 2.32 bits per heavy atom. The largest absolute Gasteiger partial charge is 0.379 e. The van der Waals surface area contributed by atoms with Crippen molar-refractivity contribution in [3.05, 3.63) is 29.8 Å². The molecule has 0 atom stereocenters. The van der Waals surface area contributed by atoms with Crippen molar-refractivity contribution in [2.45, 2.75) is 19.3 Å². The van der Waals surface area contributed by atoms with Gasteiger partial charge >= 0.3 is 10.2 Å². The Bertz CT molecular complexity index is 632. The molecule has 1 aromatic rings. The highest BCUT2D eigenvalue weighted by molar-refractivity contribution is 7.90. The molecule has 1 N–H and O–H groups in total. The molecule has 3 rings (SSSR count). The van der Waals surface area contributed by atoms with Gasteiger partial charge in [0, 0.05) is 30.3 Å². The first-order chi connectivity index (χ1) is 10.6. The average Bonchev–Trinajstić information content (AvgIpc) is 2.47.